The van der Waals surface area contributed by atoms with E-state index in [0.29, 0.717) is 10.7 Å². The SMILES string of the molecule is O=C1S/C(=C/c2ccc(OCc3ccc([N+](=O)[O-])cc3)cc2)C(=O)N1Cc1ccc(I)cc1. The first-order valence-corrected chi connectivity index (χ1v) is 11.7. The highest BCUT2D eigenvalue weighted by atomic mass is 127. The highest BCUT2D eigenvalue weighted by Crippen LogP contribution is 2.33. The van der Waals surface area contributed by atoms with Gasteiger partial charge in [-0.3, -0.25) is 24.6 Å². The van der Waals surface area contributed by atoms with Crippen molar-refractivity contribution in [2.75, 3.05) is 0 Å². The van der Waals surface area contributed by atoms with E-state index in [-0.39, 0.29) is 30.0 Å². The second-order valence-corrected chi connectivity index (χ2v) is 9.41. The van der Waals surface area contributed by atoms with Crippen molar-refractivity contribution in [2.45, 2.75) is 13.2 Å². The van der Waals surface area contributed by atoms with Crippen LogP contribution in [-0.2, 0) is 17.9 Å². The molecule has 1 aliphatic heterocycles. The van der Waals surface area contributed by atoms with Crippen LogP contribution in [0.1, 0.15) is 16.7 Å². The van der Waals surface area contributed by atoms with Gasteiger partial charge in [-0.05, 0) is 93.5 Å². The fourth-order valence-corrected chi connectivity index (χ4v) is 4.30. The average molecular weight is 572 g/mol. The van der Waals surface area contributed by atoms with E-state index < -0.39 is 4.92 Å². The third-order valence-electron chi connectivity index (χ3n) is 4.86. The molecule has 1 saturated heterocycles. The fraction of sp³-hybridized carbons (Fsp3) is 0.0833. The first kappa shape index (κ1) is 23.0. The quantitative estimate of drug-likeness (QED) is 0.149. The number of nitrogens with zero attached hydrogens (tertiary/aromatic N) is 2. The Bertz CT molecular complexity index is 1230. The number of carbonyl (C=O) groups excluding carboxylic acids is 2. The van der Waals surface area contributed by atoms with E-state index in [9.17, 15) is 19.7 Å². The molecule has 0 radical (unpaired) electrons. The number of nitro benzene ring substituents is 1. The lowest BCUT2D eigenvalue weighted by Gasteiger charge is -2.12. The van der Waals surface area contributed by atoms with Gasteiger partial charge in [0.2, 0.25) is 0 Å². The minimum Gasteiger partial charge on any atom is -0.489 e. The second-order valence-electron chi connectivity index (χ2n) is 7.18. The van der Waals surface area contributed by atoms with Crippen LogP contribution in [0.3, 0.4) is 0 Å². The van der Waals surface area contributed by atoms with Gasteiger partial charge < -0.3 is 4.74 Å². The Balaban J connectivity index is 1.37. The van der Waals surface area contributed by atoms with Crippen LogP contribution in [0.4, 0.5) is 10.5 Å². The van der Waals surface area contributed by atoms with Crippen LogP contribution < -0.4 is 4.74 Å². The highest BCUT2D eigenvalue weighted by Gasteiger charge is 2.34. The smallest absolute Gasteiger partial charge is 0.293 e. The molecule has 0 saturated carbocycles. The van der Waals surface area contributed by atoms with E-state index in [1.807, 2.05) is 24.3 Å². The van der Waals surface area contributed by atoms with Crippen molar-refractivity contribution in [1.82, 2.24) is 4.90 Å². The van der Waals surface area contributed by atoms with Gasteiger partial charge in [0.25, 0.3) is 16.8 Å². The van der Waals surface area contributed by atoms with Gasteiger partial charge in [-0.2, -0.15) is 0 Å². The number of carbonyl (C=O) groups is 2. The Morgan fingerprint density at radius 3 is 2.21 bits per heavy atom. The number of ether oxygens (including phenoxy) is 1. The molecule has 2 amide bonds. The lowest BCUT2D eigenvalue weighted by atomic mass is 10.2. The van der Waals surface area contributed by atoms with Crippen molar-refractivity contribution in [2.24, 2.45) is 0 Å². The molecule has 0 atom stereocenters. The van der Waals surface area contributed by atoms with Crippen molar-refractivity contribution in [3.05, 3.63) is 108 Å². The van der Waals surface area contributed by atoms with Crippen LogP contribution >= 0.6 is 34.4 Å². The summed E-state index contributed by atoms with van der Waals surface area (Å²) >= 11 is 3.14. The molecule has 0 bridgehead atoms. The molecule has 0 aliphatic carbocycles. The molecule has 9 heteroatoms. The van der Waals surface area contributed by atoms with Gasteiger partial charge in [-0.15, -0.1) is 0 Å². The van der Waals surface area contributed by atoms with Crippen LogP contribution in [0.25, 0.3) is 6.08 Å². The lowest BCUT2D eigenvalue weighted by Crippen LogP contribution is -2.27. The van der Waals surface area contributed by atoms with Crippen LogP contribution in [0.5, 0.6) is 5.75 Å². The summed E-state index contributed by atoms with van der Waals surface area (Å²) in [6, 6.07) is 21.0. The van der Waals surface area contributed by atoms with Crippen molar-refractivity contribution < 1.29 is 19.2 Å². The molecule has 1 aliphatic rings. The summed E-state index contributed by atoms with van der Waals surface area (Å²) in [6.45, 7) is 0.517. The first-order valence-electron chi connectivity index (χ1n) is 9.85. The number of benzene rings is 3. The minimum absolute atomic E-state index is 0.0334. The molecule has 0 N–H and O–H groups in total. The highest BCUT2D eigenvalue weighted by molar-refractivity contribution is 14.1. The summed E-state index contributed by atoms with van der Waals surface area (Å²) in [5.41, 5.74) is 2.52. The Morgan fingerprint density at radius 2 is 1.58 bits per heavy atom. The van der Waals surface area contributed by atoms with Crippen LogP contribution in [-0.4, -0.2) is 21.0 Å². The van der Waals surface area contributed by atoms with E-state index >= 15 is 0 Å². The van der Waals surface area contributed by atoms with Crippen molar-refractivity contribution >= 4 is 57.3 Å². The van der Waals surface area contributed by atoms with Gasteiger partial charge in [-0.25, -0.2) is 0 Å². The Kier molecular flexibility index (Phi) is 7.09. The van der Waals surface area contributed by atoms with Gasteiger partial charge in [0, 0.05) is 15.7 Å². The van der Waals surface area contributed by atoms with Crippen LogP contribution in [0, 0.1) is 13.7 Å². The summed E-state index contributed by atoms with van der Waals surface area (Å²) in [5.74, 6) is 0.319. The van der Waals surface area contributed by atoms with E-state index in [1.165, 1.54) is 17.0 Å². The maximum atomic E-state index is 12.7. The average Bonchev–Trinajstić information content (AvgIpc) is 3.07. The zero-order chi connectivity index (χ0) is 23.4. The van der Waals surface area contributed by atoms with E-state index in [0.717, 1.165) is 32.0 Å². The summed E-state index contributed by atoms with van der Waals surface area (Å²) in [7, 11) is 0. The summed E-state index contributed by atoms with van der Waals surface area (Å²) < 4.78 is 6.81. The molecule has 3 aromatic rings. The van der Waals surface area contributed by atoms with Gasteiger partial charge in [-0.1, -0.05) is 24.3 Å². The summed E-state index contributed by atoms with van der Waals surface area (Å²) in [6.07, 6.45) is 1.69. The molecule has 0 aromatic heterocycles. The first-order chi connectivity index (χ1) is 15.9. The number of nitro groups is 1. The normalized spacial score (nSPS) is 14.7. The van der Waals surface area contributed by atoms with Gasteiger partial charge in [0.05, 0.1) is 16.4 Å². The number of amides is 2. The van der Waals surface area contributed by atoms with E-state index in [4.69, 9.17) is 4.74 Å². The number of non-ortho nitro benzene ring substituents is 1. The molecule has 4 rings (SSSR count). The van der Waals surface area contributed by atoms with Crippen molar-refractivity contribution in [3.8, 4) is 5.75 Å². The Labute approximate surface area is 207 Å². The standard InChI is InChI=1S/C24H17IN2O5S/c25-19-7-1-17(2-8-19)14-26-23(28)22(33-24(26)29)13-16-5-11-21(12-6-16)32-15-18-3-9-20(10-4-18)27(30)31/h1-13H,14-15H2/b22-13+. The molecular weight excluding hydrogens is 555 g/mol. The van der Waals surface area contributed by atoms with Crippen molar-refractivity contribution in [1.29, 1.82) is 0 Å². The number of rotatable bonds is 7. The summed E-state index contributed by atoms with van der Waals surface area (Å²) in [4.78, 5) is 37.0. The minimum atomic E-state index is -0.444. The molecule has 1 heterocycles. The number of imide groups is 1. The molecule has 0 spiro atoms. The Morgan fingerprint density at radius 1 is 0.939 bits per heavy atom. The Hall–Kier alpha value is -3.18. The van der Waals surface area contributed by atoms with Crippen LogP contribution in [0.15, 0.2) is 77.7 Å². The lowest BCUT2D eigenvalue weighted by molar-refractivity contribution is -0.384. The number of halogens is 1. The third kappa shape index (κ3) is 5.79. The molecule has 33 heavy (non-hydrogen) atoms. The third-order valence-corrected chi connectivity index (χ3v) is 6.48. The van der Waals surface area contributed by atoms with Crippen molar-refractivity contribution in [3.63, 3.8) is 0 Å². The van der Waals surface area contributed by atoms with E-state index in [1.54, 1.807) is 42.5 Å². The van der Waals surface area contributed by atoms with Gasteiger partial charge >= 0.3 is 0 Å². The van der Waals surface area contributed by atoms with Gasteiger partial charge in [0.1, 0.15) is 12.4 Å². The predicted molar refractivity (Wildman–Crippen MR) is 135 cm³/mol. The molecule has 7 nitrogen and oxygen atoms in total. The zero-order valence-corrected chi connectivity index (χ0v) is 20.1. The summed E-state index contributed by atoms with van der Waals surface area (Å²) in [5, 5.41) is 10.4. The fourth-order valence-electron chi connectivity index (χ4n) is 3.10. The van der Waals surface area contributed by atoms with E-state index in [2.05, 4.69) is 22.6 Å². The van der Waals surface area contributed by atoms with Crippen LogP contribution in [0.2, 0.25) is 0 Å². The second kappa shape index (κ2) is 10.2. The molecule has 3 aromatic carbocycles. The topological polar surface area (TPSA) is 89.7 Å². The maximum absolute atomic E-state index is 12.7. The largest absolute Gasteiger partial charge is 0.489 e. The number of thioether (sulfide) groups is 1. The number of hydrogen-bond acceptors (Lipinski definition) is 6. The molecule has 166 valence electrons. The molecular formula is C24H17IN2O5S. The monoisotopic (exact) mass is 572 g/mol. The van der Waals surface area contributed by atoms with Gasteiger partial charge in [0.15, 0.2) is 0 Å². The number of hydrogen-bond donors (Lipinski definition) is 0. The molecule has 1 fully saturated rings. The predicted octanol–water partition coefficient (Wildman–Crippen LogP) is 6.01. The molecule has 0 unspecified atom stereocenters. The zero-order valence-electron chi connectivity index (χ0n) is 17.1. The maximum Gasteiger partial charge on any atom is 0.293 e.